The Labute approximate surface area is 208 Å². The number of ether oxygens (including phenoxy) is 1. The van der Waals surface area contributed by atoms with Crippen LogP contribution in [0.2, 0.25) is 0 Å². The quantitative estimate of drug-likeness (QED) is 0.212. The summed E-state index contributed by atoms with van der Waals surface area (Å²) in [5.74, 6) is 3.64. The topological polar surface area (TPSA) is 92.5 Å². The maximum atomic E-state index is 5.44. The molecule has 1 aliphatic rings. The first-order valence-corrected chi connectivity index (χ1v) is 11.2. The highest BCUT2D eigenvalue weighted by atomic mass is 127. The number of piperidine rings is 1. The fourth-order valence-electron chi connectivity index (χ4n) is 3.57. The molecule has 3 heterocycles. The number of guanidine groups is 1. The SMILES string of the molecule is CCOCCCNC(=NCc1nnc(C)n1C)NC1CCN(c2cccc(C)n2)CC1.I. The van der Waals surface area contributed by atoms with Gasteiger partial charge in [-0.1, -0.05) is 6.07 Å². The van der Waals surface area contributed by atoms with E-state index in [1.54, 1.807) is 0 Å². The molecule has 10 heteroatoms. The zero-order valence-electron chi connectivity index (χ0n) is 19.7. The number of nitrogens with one attached hydrogen (secondary N) is 2. The number of aliphatic imine (C=N–C) groups is 1. The van der Waals surface area contributed by atoms with Crippen molar-refractivity contribution in [1.82, 2.24) is 30.4 Å². The molecule has 1 fully saturated rings. The smallest absolute Gasteiger partial charge is 0.191 e. The number of hydrogen-bond acceptors (Lipinski definition) is 6. The normalized spacial score (nSPS) is 14.9. The van der Waals surface area contributed by atoms with Gasteiger partial charge in [0.1, 0.15) is 18.2 Å². The van der Waals surface area contributed by atoms with Crippen LogP contribution in [-0.4, -0.2) is 64.6 Å². The molecule has 9 nitrogen and oxygen atoms in total. The van der Waals surface area contributed by atoms with Crippen LogP contribution in [0.25, 0.3) is 0 Å². The van der Waals surface area contributed by atoms with E-state index in [1.807, 2.05) is 38.5 Å². The minimum absolute atomic E-state index is 0. The van der Waals surface area contributed by atoms with Crippen molar-refractivity contribution in [2.24, 2.45) is 12.0 Å². The monoisotopic (exact) mass is 556 g/mol. The largest absolute Gasteiger partial charge is 0.382 e. The third-order valence-corrected chi connectivity index (χ3v) is 5.56. The predicted octanol–water partition coefficient (Wildman–Crippen LogP) is 2.58. The molecule has 2 N–H and O–H groups in total. The second kappa shape index (κ2) is 13.6. The Balaban J connectivity index is 0.00000363. The van der Waals surface area contributed by atoms with Crippen molar-refractivity contribution >= 4 is 35.8 Å². The molecule has 0 aliphatic carbocycles. The van der Waals surface area contributed by atoms with Gasteiger partial charge in [-0.05, 0) is 52.2 Å². The van der Waals surface area contributed by atoms with Crippen LogP contribution in [0.4, 0.5) is 5.82 Å². The second-order valence-corrected chi connectivity index (χ2v) is 7.91. The van der Waals surface area contributed by atoms with Gasteiger partial charge in [0.15, 0.2) is 11.8 Å². The Kier molecular flexibility index (Phi) is 11.1. The molecule has 2 aromatic heterocycles. The highest BCUT2D eigenvalue weighted by Gasteiger charge is 2.21. The van der Waals surface area contributed by atoms with Crippen molar-refractivity contribution in [2.45, 2.75) is 52.6 Å². The summed E-state index contributed by atoms with van der Waals surface area (Å²) in [5.41, 5.74) is 1.06. The highest BCUT2D eigenvalue weighted by molar-refractivity contribution is 14.0. The lowest BCUT2D eigenvalue weighted by Gasteiger charge is -2.34. The Morgan fingerprint density at radius 3 is 2.66 bits per heavy atom. The molecule has 0 bridgehead atoms. The summed E-state index contributed by atoms with van der Waals surface area (Å²) in [7, 11) is 1.97. The Morgan fingerprint density at radius 1 is 1.22 bits per heavy atom. The molecule has 0 unspecified atom stereocenters. The van der Waals surface area contributed by atoms with Crippen LogP contribution >= 0.6 is 24.0 Å². The molecule has 0 aromatic carbocycles. The number of nitrogens with zero attached hydrogens (tertiary/aromatic N) is 6. The van der Waals surface area contributed by atoms with Gasteiger partial charge in [0.2, 0.25) is 0 Å². The van der Waals surface area contributed by atoms with Crippen LogP contribution in [0.5, 0.6) is 0 Å². The van der Waals surface area contributed by atoms with E-state index in [0.717, 1.165) is 81.2 Å². The minimum atomic E-state index is 0. The van der Waals surface area contributed by atoms with Gasteiger partial charge in [-0.25, -0.2) is 9.98 Å². The average Bonchev–Trinajstić information content (AvgIpc) is 3.10. The van der Waals surface area contributed by atoms with Crippen LogP contribution < -0.4 is 15.5 Å². The lowest BCUT2D eigenvalue weighted by atomic mass is 10.1. The van der Waals surface area contributed by atoms with Crippen molar-refractivity contribution in [1.29, 1.82) is 0 Å². The van der Waals surface area contributed by atoms with Crippen LogP contribution in [-0.2, 0) is 18.3 Å². The zero-order chi connectivity index (χ0) is 22.1. The molecule has 0 radical (unpaired) electrons. The van der Waals surface area contributed by atoms with Gasteiger partial charge in [-0.2, -0.15) is 0 Å². The van der Waals surface area contributed by atoms with E-state index in [9.17, 15) is 0 Å². The highest BCUT2D eigenvalue weighted by Crippen LogP contribution is 2.18. The van der Waals surface area contributed by atoms with Crippen molar-refractivity contribution in [3.8, 4) is 0 Å². The predicted molar refractivity (Wildman–Crippen MR) is 139 cm³/mol. The Bertz CT molecular complexity index is 848. The molecule has 32 heavy (non-hydrogen) atoms. The average molecular weight is 556 g/mol. The molecule has 1 saturated heterocycles. The maximum absolute atomic E-state index is 5.44. The van der Waals surface area contributed by atoms with Gasteiger partial charge in [-0.15, -0.1) is 34.2 Å². The van der Waals surface area contributed by atoms with E-state index >= 15 is 0 Å². The van der Waals surface area contributed by atoms with Crippen LogP contribution in [0.1, 0.15) is 43.5 Å². The standard InChI is InChI=1S/C22H36N8O.HI/c1-5-31-15-7-12-23-22(24-16-21-28-27-18(3)29(21)4)26-19-10-13-30(14-11-19)20-9-6-8-17(2)25-20;/h6,8-9,19H,5,7,10-16H2,1-4H3,(H2,23,24,26);1H. The van der Waals surface area contributed by atoms with E-state index in [4.69, 9.17) is 9.73 Å². The fourth-order valence-corrected chi connectivity index (χ4v) is 3.57. The van der Waals surface area contributed by atoms with Crippen LogP contribution in [0, 0.1) is 13.8 Å². The molecular weight excluding hydrogens is 519 g/mol. The number of aryl methyl sites for hydroxylation is 2. The fraction of sp³-hybridized carbons (Fsp3) is 0.636. The summed E-state index contributed by atoms with van der Waals surface area (Å²) in [6.45, 7) is 10.8. The van der Waals surface area contributed by atoms with E-state index in [-0.39, 0.29) is 24.0 Å². The van der Waals surface area contributed by atoms with Crippen molar-refractivity contribution in [3.63, 3.8) is 0 Å². The van der Waals surface area contributed by atoms with Gasteiger partial charge in [0, 0.05) is 51.6 Å². The molecule has 178 valence electrons. The molecular formula is C22H37IN8O. The number of anilines is 1. The number of aromatic nitrogens is 4. The third kappa shape index (κ3) is 7.88. The number of hydrogen-bond donors (Lipinski definition) is 2. The van der Waals surface area contributed by atoms with Crippen molar-refractivity contribution in [3.05, 3.63) is 35.5 Å². The van der Waals surface area contributed by atoms with Gasteiger partial charge in [-0.3, -0.25) is 0 Å². The Morgan fingerprint density at radius 2 is 2.00 bits per heavy atom. The third-order valence-electron chi connectivity index (χ3n) is 5.56. The second-order valence-electron chi connectivity index (χ2n) is 7.91. The summed E-state index contributed by atoms with van der Waals surface area (Å²) in [4.78, 5) is 11.8. The molecule has 0 atom stereocenters. The first-order valence-electron chi connectivity index (χ1n) is 11.2. The van der Waals surface area contributed by atoms with E-state index < -0.39 is 0 Å². The molecule has 3 rings (SSSR count). The Hall–Kier alpha value is -1.95. The van der Waals surface area contributed by atoms with Crippen LogP contribution in [0.15, 0.2) is 23.2 Å². The zero-order valence-corrected chi connectivity index (χ0v) is 22.0. The van der Waals surface area contributed by atoms with Gasteiger partial charge in [0.25, 0.3) is 0 Å². The lowest BCUT2D eigenvalue weighted by molar-refractivity contribution is 0.145. The maximum Gasteiger partial charge on any atom is 0.191 e. The summed E-state index contributed by atoms with van der Waals surface area (Å²) < 4.78 is 7.42. The molecule has 0 amide bonds. The molecule has 1 aliphatic heterocycles. The van der Waals surface area contributed by atoms with Crippen molar-refractivity contribution < 1.29 is 4.74 Å². The molecule has 0 saturated carbocycles. The number of rotatable bonds is 9. The summed E-state index contributed by atoms with van der Waals surface area (Å²) in [5, 5.41) is 15.4. The van der Waals surface area contributed by atoms with E-state index in [0.29, 0.717) is 12.6 Å². The van der Waals surface area contributed by atoms with Gasteiger partial charge < -0.3 is 24.8 Å². The van der Waals surface area contributed by atoms with Gasteiger partial charge >= 0.3 is 0 Å². The number of pyridine rings is 1. The molecule has 2 aromatic rings. The summed E-state index contributed by atoms with van der Waals surface area (Å²) in [6, 6.07) is 6.58. The van der Waals surface area contributed by atoms with Crippen molar-refractivity contribution in [2.75, 3.05) is 37.7 Å². The molecule has 0 spiro atoms. The number of halogens is 1. The lowest BCUT2D eigenvalue weighted by Crippen LogP contribution is -2.49. The minimum Gasteiger partial charge on any atom is -0.382 e. The van der Waals surface area contributed by atoms with E-state index in [1.165, 1.54) is 0 Å². The summed E-state index contributed by atoms with van der Waals surface area (Å²) >= 11 is 0. The summed E-state index contributed by atoms with van der Waals surface area (Å²) in [6.07, 6.45) is 3.02. The van der Waals surface area contributed by atoms with Gasteiger partial charge in [0.05, 0.1) is 0 Å². The first kappa shape index (κ1) is 26.3. The van der Waals surface area contributed by atoms with Crippen LogP contribution in [0.3, 0.4) is 0 Å². The first-order chi connectivity index (χ1) is 15.1. The van der Waals surface area contributed by atoms with E-state index in [2.05, 4.69) is 42.8 Å².